The van der Waals surface area contributed by atoms with E-state index >= 15 is 0 Å². The SMILES string of the molecule is CCNC(=NCc1ccc(OC2CCCCC2)cc1)NCc1ncnn1C.I. The molecule has 2 N–H and O–H groups in total. The van der Waals surface area contributed by atoms with E-state index in [0.717, 1.165) is 29.6 Å². The van der Waals surface area contributed by atoms with E-state index in [4.69, 9.17) is 4.74 Å². The summed E-state index contributed by atoms with van der Waals surface area (Å²) in [4.78, 5) is 8.87. The van der Waals surface area contributed by atoms with E-state index in [1.165, 1.54) is 32.1 Å². The summed E-state index contributed by atoms with van der Waals surface area (Å²) in [5, 5.41) is 10.6. The number of hydrogen-bond donors (Lipinski definition) is 2. The Morgan fingerprint density at radius 3 is 2.57 bits per heavy atom. The van der Waals surface area contributed by atoms with Crippen molar-refractivity contribution in [3.8, 4) is 5.75 Å². The van der Waals surface area contributed by atoms with Gasteiger partial charge in [-0.05, 0) is 50.3 Å². The number of nitrogens with zero attached hydrogens (tertiary/aromatic N) is 4. The number of ether oxygens (including phenoxy) is 1. The summed E-state index contributed by atoms with van der Waals surface area (Å²) in [6.07, 6.45) is 8.20. The van der Waals surface area contributed by atoms with Crippen LogP contribution in [0.15, 0.2) is 35.6 Å². The molecule has 1 saturated carbocycles. The molecule has 1 aromatic carbocycles. The fourth-order valence-corrected chi connectivity index (χ4v) is 3.20. The van der Waals surface area contributed by atoms with Crippen molar-refractivity contribution in [2.45, 2.75) is 58.2 Å². The van der Waals surface area contributed by atoms with Crippen LogP contribution in [0.3, 0.4) is 0 Å². The minimum Gasteiger partial charge on any atom is -0.490 e. The van der Waals surface area contributed by atoms with E-state index in [0.29, 0.717) is 19.2 Å². The van der Waals surface area contributed by atoms with Gasteiger partial charge >= 0.3 is 0 Å². The van der Waals surface area contributed by atoms with Crippen molar-refractivity contribution in [2.24, 2.45) is 12.0 Å². The molecule has 154 valence electrons. The van der Waals surface area contributed by atoms with E-state index in [1.54, 1.807) is 11.0 Å². The smallest absolute Gasteiger partial charge is 0.191 e. The molecule has 0 bridgehead atoms. The van der Waals surface area contributed by atoms with Gasteiger partial charge in [0, 0.05) is 13.6 Å². The lowest BCUT2D eigenvalue weighted by molar-refractivity contribution is 0.155. The summed E-state index contributed by atoms with van der Waals surface area (Å²) in [6.45, 7) is 4.05. The first-order chi connectivity index (χ1) is 13.2. The summed E-state index contributed by atoms with van der Waals surface area (Å²) in [7, 11) is 1.88. The first kappa shape index (κ1) is 22.4. The van der Waals surface area contributed by atoms with Crippen LogP contribution < -0.4 is 15.4 Å². The van der Waals surface area contributed by atoms with E-state index in [1.807, 2.05) is 7.05 Å². The molecule has 1 aliphatic rings. The molecule has 2 aromatic rings. The molecule has 1 fully saturated rings. The molecule has 8 heteroatoms. The molecule has 0 unspecified atom stereocenters. The van der Waals surface area contributed by atoms with Crippen LogP contribution in [0.1, 0.15) is 50.4 Å². The predicted molar refractivity (Wildman–Crippen MR) is 122 cm³/mol. The Labute approximate surface area is 184 Å². The fourth-order valence-electron chi connectivity index (χ4n) is 3.20. The second kappa shape index (κ2) is 11.9. The Kier molecular flexibility index (Phi) is 9.52. The fraction of sp³-hybridized carbons (Fsp3) is 0.550. The molecule has 1 aliphatic carbocycles. The molecule has 1 aromatic heterocycles. The van der Waals surface area contributed by atoms with E-state index in [9.17, 15) is 0 Å². The highest BCUT2D eigenvalue weighted by Crippen LogP contribution is 2.23. The van der Waals surface area contributed by atoms with Gasteiger partial charge < -0.3 is 15.4 Å². The average molecular weight is 498 g/mol. The summed E-state index contributed by atoms with van der Waals surface area (Å²) in [5.41, 5.74) is 1.15. The van der Waals surface area contributed by atoms with Gasteiger partial charge in [-0.25, -0.2) is 9.98 Å². The molecule has 0 aliphatic heterocycles. The van der Waals surface area contributed by atoms with Crippen LogP contribution in [0.4, 0.5) is 0 Å². The van der Waals surface area contributed by atoms with Crippen molar-refractivity contribution in [3.05, 3.63) is 42.0 Å². The van der Waals surface area contributed by atoms with E-state index in [-0.39, 0.29) is 24.0 Å². The third-order valence-electron chi connectivity index (χ3n) is 4.76. The van der Waals surface area contributed by atoms with Crippen LogP contribution >= 0.6 is 24.0 Å². The quantitative estimate of drug-likeness (QED) is 0.348. The number of aryl methyl sites for hydroxylation is 1. The first-order valence-electron chi connectivity index (χ1n) is 9.85. The third-order valence-corrected chi connectivity index (χ3v) is 4.76. The lowest BCUT2D eigenvalue weighted by atomic mass is 9.98. The zero-order valence-electron chi connectivity index (χ0n) is 16.7. The number of benzene rings is 1. The summed E-state index contributed by atoms with van der Waals surface area (Å²) in [5.74, 6) is 2.59. The van der Waals surface area contributed by atoms with Crippen molar-refractivity contribution in [3.63, 3.8) is 0 Å². The number of guanidine groups is 1. The highest BCUT2D eigenvalue weighted by molar-refractivity contribution is 14.0. The van der Waals surface area contributed by atoms with E-state index in [2.05, 4.69) is 56.9 Å². The average Bonchev–Trinajstić information content (AvgIpc) is 3.11. The highest BCUT2D eigenvalue weighted by atomic mass is 127. The van der Waals surface area contributed by atoms with Crippen molar-refractivity contribution < 1.29 is 4.74 Å². The summed E-state index contributed by atoms with van der Waals surface area (Å²) < 4.78 is 7.84. The molecular weight excluding hydrogens is 467 g/mol. The Morgan fingerprint density at radius 2 is 1.93 bits per heavy atom. The number of nitrogens with one attached hydrogen (secondary N) is 2. The van der Waals surface area contributed by atoms with Crippen molar-refractivity contribution in [1.29, 1.82) is 0 Å². The van der Waals surface area contributed by atoms with Crippen LogP contribution in [-0.2, 0) is 20.1 Å². The van der Waals surface area contributed by atoms with Crippen molar-refractivity contribution >= 4 is 29.9 Å². The first-order valence-corrected chi connectivity index (χ1v) is 9.85. The van der Waals surface area contributed by atoms with Gasteiger partial charge in [0.1, 0.15) is 17.9 Å². The van der Waals surface area contributed by atoms with Gasteiger partial charge in [0.05, 0.1) is 19.2 Å². The minimum atomic E-state index is 0. The van der Waals surface area contributed by atoms with Crippen LogP contribution in [-0.4, -0.2) is 33.4 Å². The molecule has 0 atom stereocenters. The molecule has 0 amide bonds. The largest absolute Gasteiger partial charge is 0.490 e. The van der Waals surface area contributed by atoms with Crippen LogP contribution in [0.5, 0.6) is 5.75 Å². The standard InChI is InChI=1S/C20H30N6O.HI/c1-3-21-20(23-14-19-24-15-25-26(19)2)22-13-16-9-11-18(12-10-16)27-17-7-5-4-6-8-17;/h9-12,15,17H,3-8,13-14H2,1-2H3,(H2,21,22,23);1H. The van der Waals surface area contributed by atoms with Crippen LogP contribution in [0.2, 0.25) is 0 Å². The highest BCUT2D eigenvalue weighted by Gasteiger charge is 2.14. The maximum Gasteiger partial charge on any atom is 0.191 e. The number of aromatic nitrogens is 3. The Balaban J connectivity index is 0.00000280. The predicted octanol–water partition coefficient (Wildman–Crippen LogP) is 3.40. The van der Waals surface area contributed by atoms with Gasteiger partial charge in [0.2, 0.25) is 0 Å². The zero-order chi connectivity index (χ0) is 18.9. The summed E-state index contributed by atoms with van der Waals surface area (Å²) in [6, 6.07) is 8.29. The topological polar surface area (TPSA) is 76.4 Å². The number of aliphatic imine (C=N–C) groups is 1. The maximum absolute atomic E-state index is 6.09. The lowest BCUT2D eigenvalue weighted by Gasteiger charge is -2.23. The van der Waals surface area contributed by atoms with Crippen LogP contribution in [0, 0.1) is 0 Å². The second-order valence-corrected chi connectivity index (χ2v) is 6.87. The lowest BCUT2D eigenvalue weighted by Crippen LogP contribution is -2.37. The van der Waals surface area contributed by atoms with Crippen LogP contribution in [0.25, 0.3) is 0 Å². The Hall–Kier alpha value is -1.84. The second-order valence-electron chi connectivity index (χ2n) is 6.87. The Morgan fingerprint density at radius 1 is 1.18 bits per heavy atom. The van der Waals surface area contributed by atoms with Gasteiger partial charge in [-0.15, -0.1) is 24.0 Å². The monoisotopic (exact) mass is 498 g/mol. The molecule has 3 rings (SSSR count). The van der Waals surface area contributed by atoms with Crippen molar-refractivity contribution in [1.82, 2.24) is 25.4 Å². The molecule has 0 saturated heterocycles. The molecule has 0 radical (unpaired) electrons. The number of rotatable bonds is 7. The molecule has 1 heterocycles. The van der Waals surface area contributed by atoms with E-state index < -0.39 is 0 Å². The third kappa shape index (κ3) is 6.96. The normalized spacial score (nSPS) is 15.0. The van der Waals surface area contributed by atoms with Gasteiger partial charge in [0.15, 0.2) is 5.96 Å². The number of hydrogen-bond acceptors (Lipinski definition) is 4. The summed E-state index contributed by atoms with van der Waals surface area (Å²) >= 11 is 0. The van der Waals surface area contributed by atoms with Gasteiger partial charge in [0.25, 0.3) is 0 Å². The minimum absolute atomic E-state index is 0. The number of halogens is 1. The molecule has 28 heavy (non-hydrogen) atoms. The molecular formula is C20H31IN6O. The molecule has 0 spiro atoms. The zero-order valence-corrected chi connectivity index (χ0v) is 19.1. The Bertz CT molecular complexity index is 725. The van der Waals surface area contributed by atoms with Crippen molar-refractivity contribution in [2.75, 3.05) is 6.54 Å². The maximum atomic E-state index is 6.09. The van der Waals surface area contributed by atoms with Gasteiger partial charge in [-0.1, -0.05) is 18.6 Å². The van der Waals surface area contributed by atoms with Gasteiger partial charge in [-0.3, -0.25) is 4.68 Å². The van der Waals surface area contributed by atoms with Gasteiger partial charge in [-0.2, -0.15) is 5.10 Å². The molecule has 7 nitrogen and oxygen atoms in total.